The number of alkyl carbamates (subject to hydrolysis) is 1. The minimum atomic E-state index is -0.969. The summed E-state index contributed by atoms with van der Waals surface area (Å²) in [5.41, 5.74) is 0.154. The van der Waals surface area contributed by atoms with Gasteiger partial charge in [-0.15, -0.1) is 0 Å². The number of pyridine rings is 1. The predicted molar refractivity (Wildman–Crippen MR) is 83.0 cm³/mol. The van der Waals surface area contributed by atoms with Gasteiger partial charge in [0.1, 0.15) is 5.69 Å². The predicted octanol–water partition coefficient (Wildman–Crippen LogP) is 1.46. The molecular weight excluding hydrogens is 282 g/mol. The maximum absolute atomic E-state index is 11.8. The quantitative estimate of drug-likeness (QED) is 0.829. The normalized spacial score (nSPS) is 11.6. The summed E-state index contributed by atoms with van der Waals surface area (Å²) in [5.74, 6) is 5.23. The van der Waals surface area contributed by atoms with E-state index in [2.05, 4.69) is 27.5 Å². The lowest BCUT2D eigenvalue weighted by Crippen LogP contribution is -2.45. The number of rotatable bonds is 3. The van der Waals surface area contributed by atoms with Crippen LogP contribution in [-0.4, -0.2) is 35.7 Å². The summed E-state index contributed by atoms with van der Waals surface area (Å²) in [6, 6.07) is 5.37. The molecule has 1 aromatic heterocycles. The molecule has 6 heteroatoms. The number of carbonyl (C=O) groups is 2. The first kappa shape index (κ1) is 17.5. The van der Waals surface area contributed by atoms with Crippen LogP contribution >= 0.6 is 0 Å². The lowest BCUT2D eigenvalue weighted by Gasteiger charge is -2.22. The molecule has 0 fully saturated rings. The Morgan fingerprint density at radius 2 is 2.09 bits per heavy atom. The van der Waals surface area contributed by atoms with Gasteiger partial charge in [0.25, 0.3) is 5.91 Å². The maximum Gasteiger partial charge on any atom is 0.408 e. The minimum Gasteiger partial charge on any atom is -0.435 e. The van der Waals surface area contributed by atoms with Gasteiger partial charge < -0.3 is 15.4 Å². The Bertz CT molecular complexity index is 568. The lowest BCUT2D eigenvalue weighted by atomic mass is 10.1. The van der Waals surface area contributed by atoms with Crippen LogP contribution in [0.1, 0.15) is 32.9 Å². The molecule has 0 aliphatic rings. The van der Waals surface area contributed by atoms with E-state index in [1.165, 1.54) is 7.05 Å². The van der Waals surface area contributed by atoms with Crippen LogP contribution in [0.3, 0.4) is 0 Å². The summed E-state index contributed by atoms with van der Waals surface area (Å²) in [6.07, 6.45) is 0.103. The number of amides is 2. The fraction of sp³-hybridized carbons (Fsp3) is 0.438. The van der Waals surface area contributed by atoms with Crippen molar-refractivity contribution in [1.29, 1.82) is 0 Å². The fourth-order valence-corrected chi connectivity index (χ4v) is 1.48. The number of aromatic nitrogens is 1. The molecule has 0 aliphatic heterocycles. The average Bonchev–Trinajstić information content (AvgIpc) is 2.44. The molecule has 0 unspecified atom stereocenters. The summed E-state index contributed by atoms with van der Waals surface area (Å²) >= 11 is 0. The molecule has 6 nitrogen and oxygen atoms in total. The third-order valence-electron chi connectivity index (χ3n) is 2.43. The van der Waals surface area contributed by atoms with Crippen LogP contribution < -0.4 is 10.6 Å². The van der Waals surface area contributed by atoms with Gasteiger partial charge in [-0.3, -0.25) is 4.79 Å². The Morgan fingerprint density at radius 3 is 2.64 bits per heavy atom. The molecule has 22 heavy (non-hydrogen) atoms. The molecule has 0 bridgehead atoms. The molecule has 0 saturated heterocycles. The van der Waals surface area contributed by atoms with Crippen molar-refractivity contribution in [2.75, 3.05) is 7.05 Å². The SMILES string of the molecule is CNC(=O)[C@H](CC#Cc1ccccn1)OC(=O)NC(C)(C)C. The third-order valence-corrected chi connectivity index (χ3v) is 2.43. The average molecular weight is 303 g/mol. The van der Waals surface area contributed by atoms with Gasteiger partial charge >= 0.3 is 6.09 Å². The molecule has 0 radical (unpaired) electrons. The van der Waals surface area contributed by atoms with E-state index < -0.39 is 23.6 Å². The smallest absolute Gasteiger partial charge is 0.408 e. The number of nitrogens with one attached hydrogen (secondary N) is 2. The zero-order chi connectivity index (χ0) is 16.6. The number of hydrogen-bond donors (Lipinski definition) is 2. The van der Waals surface area contributed by atoms with Crippen LogP contribution in [0.4, 0.5) is 4.79 Å². The van der Waals surface area contributed by atoms with E-state index in [4.69, 9.17) is 4.74 Å². The second-order valence-corrected chi connectivity index (χ2v) is 5.60. The minimum absolute atomic E-state index is 0.0911. The van der Waals surface area contributed by atoms with E-state index in [-0.39, 0.29) is 6.42 Å². The highest BCUT2D eigenvalue weighted by atomic mass is 16.6. The first-order valence-electron chi connectivity index (χ1n) is 6.92. The summed E-state index contributed by atoms with van der Waals surface area (Å²) in [5, 5.41) is 5.09. The van der Waals surface area contributed by atoms with E-state index in [0.717, 1.165) is 0 Å². The highest BCUT2D eigenvalue weighted by Gasteiger charge is 2.23. The molecule has 1 atom stereocenters. The van der Waals surface area contributed by atoms with Crippen LogP contribution in [0.5, 0.6) is 0 Å². The molecule has 0 saturated carbocycles. The Hall–Kier alpha value is -2.55. The molecule has 1 heterocycles. The Kier molecular flexibility index (Phi) is 6.39. The zero-order valence-corrected chi connectivity index (χ0v) is 13.3. The molecule has 0 aliphatic carbocycles. The maximum atomic E-state index is 11.8. The summed E-state index contributed by atoms with van der Waals surface area (Å²) < 4.78 is 5.13. The van der Waals surface area contributed by atoms with E-state index in [1.54, 1.807) is 18.3 Å². The number of nitrogens with zero attached hydrogens (tertiary/aromatic N) is 1. The van der Waals surface area contributed by atoms with Crippen molar-refractivity contribution in [2.24, 2.45) is 0 Å². The van der Waals surface area contributed by atoms with E-state index in [0.29, 0.717) is 5.69 Å². The molecule has 0 spiro atoms. The van der Waals surface area contributed by atoms with Crippen molar-refractivity contribution < 1.29 is 14.3 Å². The zero-order valence-electron chi connectivity index (χ0n) is 13.3. The summed E-state index contributed by atoms with van der Waals surface area (Å²) in [4.78, 5) is 27.6. The Balaban J connectivity index is 2.68. The van der Waals surface area contributed by atoms with E-state index >= 15 is 0 Å². The van der Waals surface area contributed by atoms with Gasteiger partial charge in [0.05, 0.1) is 6.42 Å². The van der Waals surface area contributed by atoms with Crippen LogP contribution in [0.25, 0.3) is 0 Å². The van der Waals surface area contributed by atoms with E-state index in [9.17, 15) is 9.59 Å². The highest BCUT2D eigenvalue weighted by molar-refractivity contribution is 5.83. The van der Waals surface area contributed by atoms with Crippen LogP contribution in [0.15, 0.2) is 24.4 Å². The first-order chi connectivity index (χ1) is 10.3. The topological polar surface area (TPSA) is 80.3 Å². The van der Waals surface area contributed by atoms with Crippen LogP contribution in [0.2, 0.25) is 0 Å². The first-order valence-corrected chi connectivity index (χ1v) is 6.92. The molecule has 2 amide bonds. The molecule has 1 rings (SSSR count). The number of hydrogen-bond acceptors (Lipinski definition) is 4. The number of carbonyl (C=O) groups excluding carboxylic acids is 2. The van der Waals surface area contributed by atoms with Gasteiger partial charge in [0, 0.05) is 18.8 Å². The standard InChI is InChI=1S/C16H21N3O3/c1-16(2,3)19-15(21)22-13(14(20)17-4)10-7-9-12-8-5-6-11-18-12/h5-6,8,11,13H,10H2,1-4H3,(H,17,20)(H,19,21)/t13-/m0/s1. The summed E-state index contributed by atoms with van der Waals surface area (Å²) in [7, 11) is 1.48. The second-order valence-electron chi connectivity index (χ2n) is 5.60. The molecule has 2 N–H and O–H groups in total. The molecule has 0 aromatic carbocycles. The second kappa shape index (κ2) is 8.03. The summed E-state index contributed by atoms with van der Waals surface area (Å²) in [6.45, 7) is 5.47. The van der Waals surface area contributed by atoms with Crippen molar-refractivity contribution in [2.45, 2.75) is 38.8 Å². The van der Waals surface area contributed by atoms with Crippen molar-refractivity contribution in [3.8, 4) is 11.8 Å². The van der Waals surface area contributed by atoms with Gasteiger partial charge in [0.15, 0.2) is 6.10 Å². The largest absolute Gasteiger partial charge is 0.435 e. The highest BCUT2D eigenvalue weighted by Crippen LogP contribution is 2.04. The van der Waals surface area contributed by atoms with E-state index in [1.807, 2.05) is 26.8 Å². The van der Waals surface area contributed by atoms with Gasteiger partial charge in [-0.25, -0.2) is 9.78 Å². The van der Waals surface area contributed by atoms with Gasteiger partial charge in [0.2, 0.25) is 0 Å². The van der Waals surface area contributed by atoms with Gasteiger partial charge in [-0.05, 0) is 38.8 Å². The van der Waals surface area contributed by atoms with Crippen LogP contribution in [0, 0.1) is 11.8 Å². The van der Waals surface area contributed by atoms with Crippen molar-refractivity contribution in [3.63, 3.8) is 0 Å². The molecular formula is C16H21N3O3. The van der Waals surface area contributed by atoms with Crippen molar-refractivity contribution in [3.05, 3.63) is 30.1 Å². The number of ether oxygens (including phenoxy) is 1. The van der Waals surface area contributed by atoms with Crippen molar-refractivity contribution in [1.82, 2.24) is 15.6 Å². The monoisotopic (exact) mass is 303 g/mol. The fourth-order valence-electron chi connectivity index (χ4n) is 1.48. The van der Waals surface area contributed by atoms with Gasteiger partial charge in [-0.2, -0.15) is 0 Å². The number of likely N-dealkylation sites (N-methyl/N-ethyl adjacent to an activating group) is 1. The van der Waals surface area contributed by atoms with Crippen LogP contribution in [-0.2, 0) is 9.53 Å². The Labute approximate surface area is 130 Å². The third kappa shape index (κ3) is 6.75. The van der Waals surface area contributed by atoms with Crippen molar-refractivity contribution >= 4 is 12.0 Å². The Morgan fingerprint density at radius 1 is 1.36 bits per heavy atom. The molecule has 1 aromatic rings. The van der Waals surface area contributed by atoms with Gasteiger partial charge in [-0.1, -0.05) is 12.0 Å². The lowest BCUT2D eigenvalue weighted by molar-refractivity contribution is -0.128. The molecule has 118 valence electrons.